The van der Waals surface area contributed by atoms with Gasteiger partial charge in [-0.3, -0.25) is 5.10 Å². The van der Waals surface area contributed by atoms with Crippen molar-refractivity contribution in [3.8, 4) is 11.5 Å². The van der Waals surface area contributed by atoms with Crippen molar-refractivity contribution in [2.75, 3.05) is 31.3 Å². The molecule has 2 heterocycles. The van der Waals surface area contributed by atoms with Gasteiger partial charge in [0.15, 0.2) is 11.5 Å². The summed E-state index contributed by atoms with van der Waals surface area (Å²) in [6.07, 6.45) is 4.94. The maximum Gasteiger partial charge on any atom is 0.319 e. The molecule has 1 aromatic heterocycles. The van der Waals surface area contributed by atoms with Crippen molar-refractivity contribution in [2.45, 2.75) is 17.7 Å². The molecule has 3 rings (SSSR count). The maximum atomic E-state index is 12.1. The lowest BCUT2D eigenvalue weighted by molar-refractivity contribution is 0.171. The maximum absolute atomic E-state index is 12.1. The lowest BCUT2D eigenvalue weighted by Crippen LogP contribution is -2.30. The van der Waals surface area contributed by atoms with Crippen LogP contribution in [0.4, 0.5) is 10.5 Å². The molecule has 128 valence electrons. The molecule has 0 fully saturated rings. The topological polar surface area (TPSA) is 101 Å². The number of anilines is 1. The van der Waals surface area contributed by atoms with Crippen LogP contribution < -0.4 is 20.1 Å². The van der Waals surface area contributed by atoms with Crippen LogP contribution in [0, 0.1) is 0 Å². The van der Waals surface area contributed by atoms with Crippen LogP contribution >= 0.6 is 11.8 Å². The van der Waals surface area contributed by atoms with Crippen molar-refractivity contribution < 1.29 is 14.3 Å². The first-order valence-corrected chi connectivity index (χ1v) is 8.85. The summed E-state index contributed by atoms with van der Waals surface area (Å²) in [5.74, 6) is 2.18. The third-order valence-corrected chi connectivity index (χ3v) is 4.23. The van der Waals surface area contributed by atoms with Crippen LogP contribution in [0.25, 0.3) is 0 Å². The van der Waals surface area contributed by atoms with E-state index in [9.17, 15) is 4.79 Å². The minimum Gasteiger partial charge on any atom is -0.486 e. The molecule has 0 radical (unpaired) electrons. The van der Waals surface area contributed by atoms with Crippen molar-refractivity contribution in [1.29, 1.82) is 0 Å². The van der Waals surface area contributed by atoms with Gasteiger partial charge in [0.1, 0.15) is 25.4 Å². The number of nitrogens with zero attached hydrogens (tertiary/aromatic N) is 2. The second-order valence-electron chi connectivity index (χ2n) is 5.11. The Bertz CT molecular complexity index is 693. The minimum absolute atomic E-state index is 0.250. The number of amides is 2. The number of ether oxygens (including phenoxy) is 2. The Balaban J connectivity index is 1.53. The Morgan fingerprint density at radius 3 is 2.83 bits per heavy atom. The first-order chi connectivity index (χ1) is 11.8. The smallest absolute Gasteiger partial charge is 0.319 e. The third-order valence-electron chi connectivity index (χ3n) is 3.45. The van der Waals surface area contributed by atoms with E-state index in [1.807, 2.05) is 12.3 Å². The van der Waals surface area contributed by atoms with Gasteiger partial charge in [0.25, 0.3) is 0 Å². The predicted octanol–water partition coefficient (Wildman–Crippen LogP) is 2.05. The Kier molecular flexibility index (Phi) is 5.42. The first-order valence-electron chi connectivity index (χ1n) is 7.63. The zero-order valence-electron chi connectivity index (χ0n) is 13.3. The highest BCUT2D eigenvalue weighted by Gasteiger charge is 2.16. The first kappa shape index (κ1) is 16.4. The quantitative estimate of drug-likeness (QED) is 0.545. The second kappa shape index (κ2) is 7.91. The fourth-order valence-corrected chi connectivity index (χ4v) is 2.87. The van der Waals surface area contributed by atoms with E-state index in [1.54, 1.807) is 6.07 Å². The van der Waals surface area contributed by atoms with E-state index in [0.29, 0.717) is 36.9 Å². The number of hydrogen-bond donors (Lipinski definition) is 3. The Hall–Kier alpha value is -2.42. The number of nitrogens with one attached hydrogen (secondary N) is 3. The molecule has 0 spiro atoms. The van der Waals surface area contributed by atoms with Gasteiger partial charge in [-0.05, 0) is 18.7 Å². The molecule has 0 saturated heterocycles. The number of aromatic amines is 1. The number of aryl methyl sites for hydroxylation is 1. The largest absolute Gasteiger partial charge is 0.486 e. The van der Waals surface area contributed by atoms with Gasteiger partial charge in [0.05, 0.1) is 5.69 Å². The molecular weight excluding hydrogens is 330 g/mol. The molecule has 0 atom stereocenters. The average molecular weight is 349 g/mol. The molecule has 3 N–H and O–H groups in total. The standard InChI is InChI=1S/C15H19N5O3S/c1-24-13-8-12-11(22-5-6-23-12)7-10(13)19-15(21)16-4-2-3-14-17-9-18-20-14/h7-9H,2-6H2,1H3,(H2,16,19,21)(H,17,18,20). The second-order valence-corrected chi connectivity index (χ2v) is 5.96. The highest BCUT2D eigenvalue weighted by atomic mass is 32.2. The van der Waals surface area contributed by atoms with Gasteiger partial charge in [0.2, 0.25) is 0 Å². The number of carbonyl (C=O) groups excluding carboxylic acids is 1. The van der Waals surface area contributed by atoms with Crippen LogP contribution in [0.15, 0.2) is 23.4 Å². The van der Waals surface area contributed by atoms with Gasteiger partial charge in [-0.15, -0.1) is 11.8 Å². The summed E-state index contributed by atoms with van der Waals surface area (Å²) in [5.41, 5.74) is 0.708. The molecule has 1 aliphatic rings. The van der Waals surface area contributed by atoms with Crippen LogP contribution in [0.5, 0.6) is 11.5 Å². The zero-order valence-corrected chi connectivity index (χ0v) is 14.1. The lowest BCUT2D eigenvalue weighted by atomic mass is 10.2. The van der Waals surface area contributed by atoms with Gasteiger partial charge in [-0.1, -0.05) is 0 Å². The summed E-state index contributed by atoms with van der Waals surface area (Å²) in [6, 6.07) is 3.44. The number of benzene rings is 1. The minimum atomic E-state index is -0.250. The van der Waals surface area contributed by atoms with Gasteiger partial charge in [-0.25, -0.2) is 9.78 Å². The Morgan fingerprint density at radius 1 is 1.33 bits per heavy atom. The van der Waals surface area contributed by atoms with Crippen LogP contribution in [0.2, 0.25) is 0 Å². The molecular formula is C15H19N5O3S. The number of carbonyl (C=O) groups is 1. The summed E-state index contributed by atoms with van der Waals surface area (Å²) in [7, 11) is 0. The molecule has 24 heavy (non-hydrogen) atoms. The van der Waals surface area contributed by atoms with E-state index in [4.69, 9.17) is 9.47 Å². The number of fused-ring (bicyclic) bond motifs is 1. The van der Waals surface area contributed by atoms with Crippen molar-refractivity contribution in [3.63, 3.8) is 0 Å². The molecule has 0 saturated carbocycles. The molecule has 9 heteroatoms. The molecule has 2 amide bonds. The fourth-order valence-electron chi connectivity index (χ4n) is 2.31. The number of H-pyrrole nitrogens is 1. The number of hydrogen-bond acceptors (Lipinski definition) is 6. The molecule has 0 bridgehead atoms. The van der Waals surface area contributed by atoms with Crippen LogP contribution in [0.3, 0.4) is 0 Å². The summed E-state index contributed by atoms with van der Waals surface area (Å²) in [5, 5.41) is 12.3. The van der Waals surface area contributed by atoms with Gasteiger partial charge in [0, 0.05) is 23.9 Å². The predicted molar refractivity (Wildman–Crippen MR) is 90.9 cm³/mol. The van der Waals surface area contributed by atoms with Crippen LogP contribution in [-0.2, 0) is 6.42 Å². The third kappa shape index (κ3) is 4.10. The molecule has 0 unspecified atom stereocenters. The van der Waals surface area contributed by atoms with E-state index < -0.39 is 0 Å². The van der Waals surface area contributed by atoms with Crippen molar-refractivity contribution in [1.82, 2.24) is 20.5 Å². The number of rotatable bonds is 6. The van der Waals surface area contributed by atoms with Crippen LogP contribution in [0.1, 0.15) is 12.2 Å². The Labute approximate surface area is 143 Å². The number of aromatic nitrogens is 3. The monoisotopic (exact) mass is 349 g/mol. The molecule has 0 aliphatic carbocycles. The summed E-state index contributed by atoms with van der Waals surface area (Å²) < 4.78 is 11.1. The van der Waals surface area contributed by atoms with Gasteiger partial charge >= 0.3 is 6.03 Å². The molecule has 1 aliphatic heterocycles. The number of thioether (sulfide) groups is 1. The molecule has 8 nitrogen and oxygen atoms in total. The summed E-state index contributed by atoms with van der Waals surface area (Å²) in [6.45, 7) is 1.60. The summed E-state index contributed by atoms with van der Waals surface area (Å²) >= 11 is 1.54. The fraction of sp³-hybridized carbons (Fsp3) is 0.400. The van der Waals surface area contributed by atoms with Crippen molar-refractivity contribution >= 4 is 23.5 Å². The average Bonchev–Trinajstić information content (AvgIpc) is 3.11. The van der Waals surface area contributed by atoms with Gasteiger partial charge in [-0.2, -0.15) is 5.10 Å². The van der Waals surface area contributed by atoms with E-state index in [2.05, 4.69) is 25.8 Å². The molecule has 1 aromatic carbocycles. The van der Waals surface area contributed by atoms with Gasteiger partial charge < -0.3 is 20.1 Å². The van der Waals surface area contributed by atoms with E-state index >= 15 is 0 Å². The van der Waals surface area contributed by atoms with E-state index in [-0.39, 0.29) is 6.03 Å². The normalized spacial score (nSPS) is 12.7. The SMILES string of the molecule is CSc1cc2c(cc1NC(=O)NCCCc1ncn[nH]1)OCCO2. The number of urea groups is 1. The highest BCUT2D eigenvalue weighted by molar-refractivity contribution is 7.98. The van der Waals surface area contributed by atoms with Crippen molar-refractivity contribution in [2.24, 2.45) is 0 Å². The van der Waals surface area contributed by atoms with Crippen LogP contribution in [-0.4, -0.2) is 47.2 Å². The summed E-state index contributed by atoms with van der Waals surface area (Å²) in [4.78, 5) is 17.0. The Morgan fingerprint density at radius 2 is 2.12 bits per heavy atom. The molecule has 2 aromatic rings. The van der Waals surface area contributed by atoms with Crippen molar-refractivity contribution in [3.05, 3.63) is 24.3 Å². The van der Waals surface area contributed by atoms with E-state index in [1.165, 1.54) is 18.1 Å². The zero-order chi connectivity index (χ0) is 16.8. The highest BCUT2D eigenvalue weighted by Crippen LogP contribution is 2.39. The lowest BCUT2D eigenvalue weighted by Gasteiger charge is -2.21. The van der Waals surface area contributed by atoms with E-state index in [0.717, 1.165) is 23.6 Å².